The zero-order valence-corrected chi connectivity index (χ0v) is 19.7. The number of fused-ring (bicyclic) bond motifs is 1. The van der Waals surface area contributed by atoms with Crippen LogP contribution in [0.5, 0.6) is 11.6 Å². The second-order valence-corrected chi connectivity index (χ2v) is 8.55. The number of carbonyl (C=O) groups excluding carboxylic acids is 1. The van der Waals surface area contributed by atoms with Crippen LogP contribution in [0.15, 0.2) is 48.9 Å². The summed E-state index contributed by atoms with van der Waals surface area (Å²) in [6.07, 6.45) is 4.68. The monoisotopic (exact) mass is 487 g/mol. The van der Waals surface area contributed by atoms with E-state index in [4.69, 9.17) is 27.2 Å². The minimum absolute atomic E-state index is 0.0458. The summed E-state index contributed by atoms with van der Waals surface area (Å²) in [4.78, 5) is 26.9. The Balaban J connectivity index is 1.47. The highest BCUT2D eigenvalue weighted by atomic mass is 35.5. The molecular weight excluding hydrogens is 466 g/mol. The molecule has 176 valence electrons. The van der Waals surface area contributed by atoms with Gasteiger partial charge in [-0.3, -0.25) is 4.79 Å². The van der Waals surface area contributed by atoms with Gasteiger partial charge in [0.05, 0.1) is 16.5 Å². The number of anilines is 1. The summed E-state index contributed by atoms with van der Waals surface area (Å²) < 4.78 is 7.66. The molecule has 9 nitrogen and oxygen atoms in total. The van der Waals surface area contributed by atoms with Crippen LogP contribution in [-0.2, 0) is 4.79 Å². The Hall–Kier alpha value is -4.16. The van der Waals surface area contributed by atoms with Crippen molar-refractivity contribution in [2.24, 2.45) is 0 Å². The lowest BCUT2D eigenvalue weighted by Crippen LogP contribution is -2.40. The zero-order chi connectivity index (χ0) is 24.4. The SMILES string of the molecule is CC#CC(=O)N1CCC[C@@H](n2nc(-c3ccc(Oc4ccc(Cl)cn4)cc3)c3c(N)ncnc32)C1. The van der Waals surface area contributed by atoms with Gasteiger partial charge < -0.3 is 15.4 Å². The fourth-order valence-electron chi connectivity index (χ4n) is 4.20. The Morgan fingerprint density at radius 3 is 2.74 bits per heavy atom. The number of aromatic nitrogens is 5. The van der Waals surface area contributed by atoms with Gasteiger partial charge in [0, 0.05) is 30.9 Å². The summed E-state index contributed by atoms with van der Waals surface area (Å²) in [5.74, 6) is 6.55. The van der Waals surface area contributed by atoms with Crippen LogP contribution in [0.4, 0.5) is 5.82 Å². The fraction of sp³-hybridized carbons (Fsp3) is 0.240. The normalized spacial score (nSPS) is 15.5. The second-order valence-electron chi connectivity index (χ2n) is 8.11. The molecule has 1 aliphatic heterocycles. The van der Waals surface area contributed by atoms with E-state index in [2.05, 4.69) is 26.8 Å². The van der Waals surface area contributed by atoms with Crippen molar-refractivity contribution in [3.8, 4) is 34.7 Å². The minimum atomic E-state index is -0.172. The van der Waals surface area contributed by atoms with Crippen LogP contribution >= 0.6 is 11.6 Å². The third-order valence-corrected chi connectivity index (χ3v) is 6.05. The van der Waals surface area contributed by atoms with E-state index in [1.165, 1.54) is 12.5 Å². The van der Waals surface area contributed by atoms with Gasteiger partial charge in [0.15, 0.2) is 5.65 Å². The first kappa shape index (κ1) is 22.6. The van der Waals surface area contributed by atoms with Crippen LogP contribution in [0.1, 0.15) is 25.8 Å². The average molecular weight is 488 g/mol. The van der Waals surface area contributed by atoms with Gasteiger partial charge in [-0.15, -0.1) is 0 Å². The van der Waals surface area contributed by atoms with Crippen molar-refractivity contribution < 1.29 is 9.53 Å². The maximum atomic E-state index is 12.4. The van der Waals surface area contributed by atoms with Crippen LogP contribution in [0.2, 0.25) is 5.02 Å². The molecule has 1 fully saturated rings. The van der Waals surface area contributed by atoms with Crippen LogP contribution < -0.4 is 10.5 Å². The van der Waals surface area contributed by atoms with Crippen LogP contribution in [0.25, 0.3) is 22.3 Å². The van der Waals surface area contributed by atoms with E-state index in [1.807, 2.05) is 28.9 Å². The van der Waals surface area contributed by atoms with Crippen molar-refractivity contribution >= 4 is 34.4 Å². The topological polar surface area (TPSA) is 112 Å². The smallest absolute Gasteiger partial charge is 0.298 e. The van der Waals surface area contributed by atoms with Gasteiger partial charge in [-0.05, 0) is 56.0 Å². The van der Waals surface area contributed by atoms with E-state index in [0.717, 1.165) is 18.4 Å². The Kier molecular flexibility index (Phi) is 6.21. The predicted molar refractivity (Wildman–Crippen MR) is 133 cm³/mol. The largest absolute Gasteiger partial charge is 0.439 e. The Morgan fingerprint density at radius 2 is 2.00 bits per heavy atom. The number of nitrogens with zero attached hydrogens (tertiary/aromatic N) is 6. The molecule has 0 unspecified atom stereocenters. The van der Waals surface area contributed by atoms with E-state index in [9.17, 15) is 4.79 Å². The number of likely N-dealkylation sites (tertiary alicyclic amines) is 1. The Bertz CT molecular complexity index is 1440. The van der Waals surface area contributed by atoms with E-state index in [0.29, 0.717) is 52.3 Å². The molecule has 1 atom stereocenters. The first-order valence-electron chi connectivity index (χ1n) is 11.1. The molecule has 2 N–H and O–H groups in total. The maximum absolute atomic E-state index is 12.4. The third kappa shape index (κ3) is 4.61. The summed E-state index contributed by atoms with van der Waals surface area (Å²) in [7, 11) is 0. The lowest BCUT2D eigenvalue weighted by Gasteiger charge is -2.31. The number of hydrogen-bond donors (Lipinski definition) is 1. The molecule has 35 heavy (non-hydrogen) atoms. The number of nitrogens with two attached hydrogens (primary N) is 1. The molecular formula is C25H22ClN7O2. The molecule has 0 saturated carbocycles. The van der Waals surface area contributed by atoms with Gasteiger partial charge in [0.1, 0.15) is 23.6 Å². The Labute approximate surface area is 206 Å². The summed E-state index contributed by atoms with van der Waals surface area (Å²) in [6.45, 7) is 2.85. The van der Waals surface area contributed by atoms with Crippen molar-refractivity contribution in [2.45, 2.75) is 25.8 Å². The highest BCUT2D eigenvalue weighted by molar-refractivity contribution is 6.30. The van der Waals surface area contributed by atoms with Crippen molar-refractivity contribution in [3.63, 3.8) is 0 Å². The lowest BCUT2D eigenvalue weighted by molar-refractivity contribution is -0.126. The number of hydrogen-bond acceptors (Lipinski definition) is 7. The molecule has 1 amide bonds. The molecule has 3 aromatic heterocycles. The number of halogens is 1. The van der Waals surface area contributed by atoms with E-state index >= 15 is 0 Å². The van der Waals surface area contributed by atoms with Crippen molar-refractivity contribution in [3.05, 3.63) is 53.9 Å². The molecule has 0 aliphatic carbocycles. The molecule has 10 heteroatoms. The molecule has 5 rings (SSSR count). The number of amides is 1. The fourth-order valence-corrected chi connectivity index (χ4v) is 4.31. The summed E-state index contributed by atoms with van der Waals surface area (Å²) in [6, 6.07) is 10.8. The number of carbonyl (C=O) groups is 1. The third-order valence-electron chi connectivity index (χ3n) is 5.83. The first-order chi connectivity index (χ1) is 17.0. The van der Waals surface area contributed by atoms with Gasteiger partial charge >= 0.3 is 0 Å². The van der Waals surface area contributed by atoms with Crippen molar-refractivity contribution in [1.82, 2.24) is 29.6 Å². The zero-order valence-electron chi connectivity index (χ0n) is 19.0. The minimum Gasteiger partial charge on any atom is -0.439 e. The first-order valence-corrected chi connectivity index (χ1v) is 11.5. The molecule has 4 heterocycles. The number of rotatable bonds is 4. The quantitative estimate of drug-likeness (QED) is 0.431. The highest BCUT2D eigenvalue weighted by Crippen LogP contribution is 2.34. The number of nitrogen functional groups attached to an aromatic ring is 1. The van der Waals surface area contributed by atoms with Crippen molar-refractivity contribution in [2.75, 3.05) is 18.8 Å². The molecule has 1 saturated heterocycles. The summed E-state index contributed by atoms with van der Waals surface area (Å²) in [5, 5.41) is 6.12. The van der Waals surface area contributed by atoms with Gasteiger partial charge in [-0.25, -0.2) is 19.6 Å². The van der Waals surface area contributed by atoms with E-state index in [-0.39, 0.29) is 11.9 Å². The van der Waals surface area contributed by atoms with Gasteiger partial charge in [0.25, 0.3) is 5.91 Å². The number of benzene rings is 1. The average Bonchev–Trinajstić information content (AvgIpc) is 3.27. The number of ether oxygens (including phenoxy) is 1. The summed E-state index contributed by atoms with van der Waals surface area (Å²) >= 11 is 5.89. The highest BCUT2D eigenvalue weighted by Gasteiger charge is 2.28. The second kappa shape index (κ2) is 9.60. The van der Waals surface area contributed by atoms with Crippen LogP contribution in [-0.4, -0.2) is 48.6 Å². The number of pyridine rings is 1. The molecule has 1 aliphatic rings. The number of piperidine rings is 1. The van der Waals surface area contributed by atoms with Crippen LogP contribution in [0, 0.1) is 11.8 Å². The van der Waals surface area contributed by atoms with E-state index < -0.39 is 0 Å². The van der Waals surface area contributed by atoms with Crippen molar-refractivity contribution in [1.29, 1.82) is 0 Å². The predicted octanol–water partition coefficient (Wildman–Crippen LogP) is 4.10. The van der Waals surface area contributed by atoms with E-state index in [1.54, 1.807) is 24.0 Å². The standard InChI is InChI=1S/C25H22ClN7O2/c1-2-4-21(34)32-12-3-5-18(14-32)33-25-22(24(27)29-15-30-25)23(31-33)16-6-9-19(10-7-16)35-20-11-8-17(26)13-28-20/h6-11,13,15,18H,3,5,12,14H2,1H3,(H2,27,29,30)/t18-/m1/s1. The molecule has 0 radical (unpaired) electrons. The maximum Gasteiger partial charge on any atom is 0.298 e. The molecule has 0 bridgehead atoms. The Morgan fingerprint density at radius 1 is 1.17 bits per heavy atom. The lowest BCUT2D eigenvalue weighted by atomic mass is 10.1. The molecule has 1 aromatic carbocycles. The molecule has 4 aromatic rings. The summed E-state index contributed by atoms with van der Waals surface area (Å²) in [5.41, 5.74) is 8.42. The van der Waals surface area contributed by atoms with Gasteiger partial charge in [-0.2, -0.15) is 5.10 Å². The molecule has 0 spiro atoms. The van der Waals surface area contributed by atoms with Crippen LogP contribution in [0.3, 0.4) is 0 Å². The van der Waals surface area contributed by atoms with Gasteiger partial charge in [-0.1, -0.05) is 17.5 Å². The van der Waals surface area contributed by atoms with Gasteiger partial charge in [0.2, 0.25) is 5.88 Å².